The molecule has 0 aliphatic carbocycles. The summed E-state index contributed by atoms with van der Waals surface area (Å²) in [4.78, 5) is 1.11. The van der Waals surface area contributed by atoms with Crippen molar-refractivity contribution < 1.29 is 4.74 Å². The van der Waals surface area contributed by atoms with E-state index in [4.69, 9.17) is 10.5 Å². The van der Waals surface area contributed by atoms with E-state index in [9.17, 15) is 0 Å². The van der Waals surface area contributed by atoms with Crippen LogP contribution in [0.1, 0.15) is 5.56 Å². The van der Waals surface area contributed by atoms with Crippen LogP contribution in [0.3, 0.4) is 0 Å². The number of thioether (sulfide) groups is 1. The highest BCUT2D eigenvalue weighted by Crippen LogP contribution is 2.30. The minimum absolute atomic E-state index is 0.808. The minimum atomic E-state index is 0.808. The van der Waals surface area contributed by atoms with Crippen molar-refractivity contribution >= 4 is 33.4 Å². The van der Waals surface area contributed by atoms with Crippen LogP contribution in [0.2, 0.25) is 0 Å². The second-order valence-corrected chi connectivity index (χ2v) is 5.75. The lowest BCUT2D eigenvalue weighted by atomic mass is 10.2. The molecule has 4 heteroatoms. The number of anilines is 1. The standard InChI is InChI=1S/C14H14BrNOS/c1-17-12-5-2-10(3-6-12)9-18-14-7-4-11(15)8-13(14)16/h2-8H,9,16H2,1H3. The van der Waals surface area contributed by atoms with Crippen molar-refractivity contribution in [2.45, 2.75) is 10.6 Å². The van der Waals surface area contributed by atoms with E-state index in [1.54, 1.807) is 18.9 Å². The molecule has 2 nitrogen and oxygen atoms in total. The van der Waals surface area contributed by atoms with Gasteiger partial charge in [0.05, 0.1) is 7.11 Å². The summed E-state index contributed by atoms with van der Waals surface area (Å²) in [5.41, 5.74) is 8.02. The van der Waals surface area contributed by atoms with Crippen LogP contribution in [0.25, 0.3) is 0 Å². The average Bonchev–Trinajstić information content (AvgIpc) is 2.38. The van der Waals surface area contributed by atoms with Gasteiger partial charge >= 0.3 is 0 Å². The van der Waals surface area contributed by atoms with E-state index in [1.165, 1.54) is 5.56 Å². The number of halogens is 1. The molecule has 94 valence electrons. The largest absolute Gasteiger partial charge is 0.497 e. The Labute approximate surface area is 120 Å². The summed E-state index contributed by atoms with van der Waals surface area (Å²) < 4.78 is 6.14. The summed E-state index contributed by atoms with van der Waals surface area (Å²) in [5, 5.41) is 0. The quantitative estimate of drug-likeness (QED) is 0.671. The zero-order valence-electron chi connectivity index (χ0n) is 10.0. The molecule has 0 bridgehead atoms. The smallest absolute Gasteiger partial charge is 0.118 e. The van der Waals surface area contributed by atoms with Crippen molar-refractivity contribution in [1.82, 2.24) is 0 Å². The maximum atomic E-state index is 5.96. The fourth-order valence-electron chi connectivity index (χ4n) is 1.53. The molecule has 0 aliphatic heterocycles. The molecule has 0 aliphatic rings. The summed E-state index contributed by atoms with van der Waals surface area (Å²) in [6.07, 6.45) is 0. The highest BCUT2D eigenvalue weighted by atomic mass is 79.9. The van der Waals surface area contributed by atoms with E-state index < -0.39 is 0 Å². The second-order valence-electron chi connectivity index (χ2n) is 3.82. The monoisotopic (exact) mass is 323 g/mol. The number of hydrogen-bond acceptors (Lipinski definition) is 3. The van der Waals surface area contributed by atoms with Gasteiger partial charge in [0, 0.05) is 20.8 Å². The fraction of sp³-hybridized carbons (Fsp3) is 0.143. The van der Waals surface area contributed by atoms with Crippen molar-refractivity contribution in [2.75, 3.05) is 12.8 Å². The van der Waals surface area contributed by atoms with Gasteiger partial charge in [-0.25, -0.2) is 0 Å². The van der Waals surface area contributed by atoms with Crippen molar-refractivity contribution in [3.63, 3.8) is 0 Å². The second kappa shape index (κ2) is 6.16. The maximum absolute atomic E-state index is 5.96. The first-order chi connectivity index (χ1) is 8.69. The molecule has 2 aromatic rings. The molecule has 0 aromatic heterocycles. The first kappa shape index (κ1) is 13.3. The van der Waals surface area contributed by atoms with Crippen molar-refractivity contribution in [1.29, 1.82) is 0 Å². The van der Waals surface area contributed by atoms with E-state index >= 15 is 0 Å². The van der Waals surface area contributed by atoms with Gasteiger partial charge in [-0.1, -0.05) is 28.1 Å². The molecular weight excluding hydrogens is 310 g/mol. The normalized spacial score (nSPS) is 10.3. The van der Waals surface area contributed by atoms with Gasteiger partial charge in [-0.15, -0.1) is 11.8 Å². The van der Waals surface area contributed by atoms with Crippen LogP contribution in [0, 0.1) is 0 Å². The van der Waals surface area contributed by atoms with E-state index in [1.807, 2.05) is 30.3 Å². The van der Waals surface area contributed by atoms with Gasteiger partial charge < -0.3 is 10.5 Å². The third-order valence-electron chi connectivity index (χ3n) is 2.53. The van der Waals surface area contributed by atoms with Gasteiger partial charge in [0.1, 0.15) is 5.75 Å². The van der Waals surface area contributed by atoms with E-state index in [0.29, 0.717) is 0 Å². The van der Waals surface area contributed by atoms with Gasteiger partial charge in [-0.05, 0) is 35.9 Å². The Hall–Kier alpha value is -1.13. The number of nitrogen functional groups attached to an aromatic ring is 1. The first-order valence-electron chi connectivity index (χ1n) is 5.50. The highest BCUT2D eigenvalue weighted by Gasteiger charge is 2.02. The first-order valence-corrected chi connectivity index (χ1v) is 7.27. The molecule has 0 fully saturated rings. The molecule has 18 heavy (non-hydrogen) atoms. The van der Waals surface area contributed by atoms with Crippen molar-refractivity contribution in [2.24, 2.45) is 0 Å². The number of benzene rings is 2. The molecule has 2 aromatic carbocycles. The molecule has 0 radical (unpaired) electrons. The lowest BCUT2D eigenvalue weighted by molar-refractivity contribution is 0.414. The highest BCUT2D eigenvalue weighted by molar-refractivity contribution is 9.10. The molecule has 0 atom stereocenters. The van der Waals surface area contributed by atoms with Crippen LogP contribution >= 0.6 is 27.7 Å². The number of methoxy groups -OCH3 is 1. The molecule has 0 saturated carbocycles. The van der Waals surface area contributed by atoms with Gasteiger partial charge in [-0.2, -0.15) is 0 Å². The van der Waals surface area contributed by atoms with Crippen LogP contribution in [0.5, 0.6) is 5.75 Å². The van der Waals surface area contributed by atoms with Crippen LogP contribution in [0.15, 0.2) is 51.8 Å². The zero-order chi connectivity index (χ0) is 13.0. The van der Waals surface area contributed by atoms with Crippen LogP contribution in [-0.4, -0.2) is 7.11 Å². The Morgan fingerprint density at radius 2 is 1.89 bits per heavy atom. The predicted molar refractivity (Wildman–Crippen MR) is 81.1 cm³/mol. The van der Waals surface area contributed by atoms with E-state index in [0.717, 1.165) is 26.6 Å². The number of hydrogen-bond donors (Lipinski definition) is 1. The summed E-state index contributed by atoms with van der Waals surface area (Å²) in [6.45, 7) is 0. The molecule has 2 N–H and O–H groups in total. The van der Waals surface area contributed by atoms with E-state index in [-0.39, 0.29) is 0 Å². The molecule has 0 unspecified atom stereocenters. The maximum Gasteiger partial charge on any atom is 0.118 e. The summed E-state index contributed by atoms with van der Waals surface area (Å²) in [7, 11) is 1.67. The third kappa shape index (κ3) is 3.43. The third-order valence-corrected chi connectivity index (χ3v) is 4.18. The fourth-order valence-corrected chi connectivity index (χ4v) is 2.82. The summed E-state index contributed by atoms with van der Waals surface area (Å²) in [6, 6.07) is 14.1. The topological polar surface area (TPSA) is 35.2 Å². The summed E-state index contributed by atoms with van der Waals surface area (Å²) >= 11 is 5.14. The number of nitrogens with two attached hydrogens (primary N) is 1. The molecule has 0 heterocycles. The van der Waals surface area contributed by atoms with Gasteiger partial charge in [0.15, 0.2) is 0 Å². The molecule has 0 amide bonds. The number of rotatable bonds is 4. The Bertz CT molecular complexity index is 528. The SMILES string of the molecule is COc1ccc(CSc2ccc(Br)cc2N)cc1. The lowest BCUT2D eigenvalue weighted by Gasteiger charge is -2.06. The van der Waals surface area contributed by atoms with Crippen LogP contribution < -0.4 is 10.5 Å². The lowest BCUT2D eigenvalue weighted by Crippen LogP contribution is -1.89. The van der Waals surface area contributed by atoms with Crippen LogP contribution in [-0.2, 0) is 5.75 Å². The Balaban J connectivity index is 2.02. The minimum Gasteiger partial charge on any atom is -0.497 e. The van der Waals surface area contributed by atoms with Gasteiger partial charge in [-0.3, -0.25) is 0 Å². The Morgan fingerprint density at radius 3 is 2.50 bits per heavy atom. The van der Waals surface area contributed by atoms with Crippen LogP contribution in [0.4, 0.5) is 5.69 Å². The van der Waals surface area contributed by atoms with Crippen molar-refractivity contribution in [3.05, 3.63) is 52.5 Å². The average molecular weight is 324 g/mol. The zero-order valence-corrected chi connectivity index (χ0v) is 12.4. The number of ether oxygens (including phenoxy) is 1. The summed E-state index contributed by atoms with van der Waals surface area (Å²) in [5.74, 6) is 1.78. The van der Waals surface area contributed by atoms with Gasteiger partial charge in [0.2, 0.25) is 0 Å². The van der Waals surface area contributed by atoms with Gasteiger partial charge in [0.25, 0.3) is 0 Å². The molecule has 0 spiro atoms. The Morgan fingerprint density at radius 1 is 1.17 bits per heavy atom. The molecule has 2 rings (SSSR count). The van der Waals surface area contributed by atoms with Crippen molar-refractivity contribution in [3.8, 4) is 5.75 Å². The molecule has 0 saturated heterocycles. The predicted octanol–water partition coefficient (Wildman–Crippen LogP) is 4.33. The molecular formula is C14H14BrNOS. The Kier molecular flexibility index (Phi) is 4.55. The van der Waals surface area contributed by atoms with E-state index in [2.05, 4.69) is 28.1 Å².